The van der Waals surface area contributed by atoms with E-state index in [4.69, 9.17) is 4.74 Å². The van der Waals surface area contributed by atoms with E-state index in [1.807, 2.05) is 37.3 Å². The molecule has 0 saturated carbocycles. The first-order chi connectivity index (χ1) is 23.7. The first kappa shape index (κ1) is 32.5. The van der Waals surface area contributed by atoms with Gasteiger partial charge < -0.3 is 30.3 Å². The second kappa shape index (κ2) is 13.9. The second-order valence-corrected chi connectivity index (χ2v) is 13.1. The van der Waals surface area contributed by atoms with Crippen LogP contribution < -0.4 is 15.5 Å². The van der Waals surface area contributed by atoms with Gasteiger partial charge in [0.05, 0.1) is 11.1 Å². The van der Waals surface area contributed by atoms with Crippen LogP contribution in [-0.4, -0.2) is 78.6 Å². The van der Waals surface area contributed by atoms with Crippen molar-refractivity contribution in [3.8, 4) is 16.9 Å². The minimum absolute atomic E-state index is 0.102. The van der Waals surface area contributed by atoms with E-state index in [1.54, 1.807) is 12.1 Å². The fourth-order valence-corrected chi connectivity index (χ4v) is 6.78. The van der Waals surface area contributed by atoms with Gasteiger partial charge >= 0.3 is 0 Å². The third kappa shape index (κ3) is 7.23. The van der Waals surface area contributed by atoms with Gasteiger partial charge in [0.1, 0.15) is 17.4 Å². The molecular formula is C38H40F2N6O3. The Kier molecular flexibility index (Phi) is 9.20. The number of hydrogen-bond acceptors (Lipinski definition) is 7. The average Bonchev–Trinajstić information content (AvgIpc) is 3.46. The predicted octanol–water partition coefficient (Wildman–Crippen LogP) is 6.71. The van der Waals surface area contributed by atoms with Crippen LogP contribution >= 0.6 is 0 Å². The van der Waals surface area contributed by atoms with E-state index >= 15 is 0 Å². The largest absolute Gasteiger partial charge is 0.508 e. The number of nitrogens with one attached hydrogen (secondary N) is 3. The van der Waals surface area contributed by atoms with Crippen molar-refractivity contribution in [1.29, 1.82) is 0 Å². The highest BCUT2D eigenvalue weighted by Crippen LogP contribution is 2.36. The van der Waals surface area contributed by atoms with Gasteiger partial charge in [-0.2, -0.15) is 5.10 Å². The summed E-state index contributed by atoms with van der Waals surface area (Å²) in [6.07, 6.45) is 1.91. The van der Waals surface area contributed by atoms with Gasteiger partial charge in [0.15, 0.2) is 5.82 Å². The number of likely N-dealkylation sites (N-methyl/N-ethyl adjacent to an activating group) is 1. The van der Waals surface area contributed by atoms with Gasteiger partial charge in [-0.3, -0.25) is 9.89 Å². The topological polar surface area (TPSA) is 106 Å². The number of benzene rings is 4. The van der Waals surface area contributed by atoms with Gasteiger partial charge in [0.2, 0.25) is 0 Å². The number of fused-ring (bicyclic) bond motifs is 1. The lowest BCUT2D eigenvalue weighted by atomic mass is 9.91. The van der Waals surface area contributed by atoms with Crippen LogP contribution in [-0.2, 0) is 11.2 Å². The molecule has 0 unspecified atom stereocenters. The maximum Gasteiger partial charge on any atom is 0.258 e. The molecule has 7 rings (SSSR count). The first-order valence-corrected chi connectivity index (χ1v) is 16.7. The van der Waals surface area contributed by atoms with E-state index in [-0.39, 0.29) is 24.1 Å². The molecule has 5 aromatic rings. The quantitative estimate of drug-likeness (QED) is 0.146. The number of rotatable bonds is 8. The van der Waals surface area contributed by atoms with Gasteiger partial charge in [-0.15, -0.1) is 0 Å². The number of anilines is 3. The van der Waals surface area contributed by atoms with E-state index in [9.17, 15) is 18.7 Å². The number of H-pyrrole nitrogens is 1. The summed E-state index contributed by atoms with van der Waals surface area (Å²) in [5.41, 5.74) is 6.66. The van der Waals surface area contributed by atoms with Crippen LogP contribution in [0, 0.1) is 18.6 Å². The van der Waals surface area contributed by atoms with E-state index in [0.717, 1.165) is 78.7 Å². The molecule has 2 aliphatic rings. The Morgan fingerprint density at radius 2 is 1.71 bits per heavy atom. The molecule has 0 radical (unpaired) electrons. The number of carbonyl (C=O) groups is 1. The van der Waals surface area contributed by atoms with Crippen LogP contribution in [0.15, 0.2) is 66.7 Å². The van der Waals surface area contributed by atoms with E-state index < -0.39 is 11.6 Å². The summed E-state index contributed by atoms with van der Waals surface area (Å²) in [5.74, 6) is -1.19. The summed E-state index contributed by atoms with van der Waals surface area (Å²) in [6.45, 7) is 7.04. The average molecular weight is 667 g/mol. The SMILES string of the molecule is Cc1ccc(O)cc1-c1cc2[nH]nc(NC(=O)c3ccc(N4CCN(C)CC4)cc3NC3CCOCC3)c2cc1Cc1cc(F)cc(F)c1. The number of hydrogen-bond donors (Lipinski definition) is 4. The van der Waals surface area contributed by atoms with Crippen molar-refractivity contribution in [2.24, 2.45) is 0 Å². The molecule has 3 heterocycles. The van der Waals surface area contributed by atoms with Crippen molar-refractivity contribution >= 4 is 34.0 Å². The van der Waals surface area contributed by atoms with Crippen molar-refractivity contribution in [1.82, 2.24) is 15.1 Å². The monoisotopic (exact) mass is 666 g/mol. The molecule has 254 valence electrons. The predicted molar refractivity (Wildman–Crippen MR) is 189 cm³/mol. The Balaban J connectivity index is 1.24. The van der Waals surface area contributed by atoms with Gasteiger partial charge in [-0.1, -0.05) is 6.07 Å². The van der Waals surface area contributed by atoms with Crippen LogP contribution in [0.1, 0.15) is 39.9 Å². The van der Waals surface area contributed by atoms with Crippen LogP contribution in [0.4, 0.5) is 26.0 Å². The summed E-state index contributed by atoms with van der Waals surface area (Å²) in [7, 11) is 2.13. The zero-order valence-electron chi connectivity index (χ0n) is 27.7. The van der Waals surface area contributed by atoms with Crippen LogP contribution in [0.3, 0.4) is 0 Å². The molecule has 0 bridgehead atoms. The minimum Gasteiger partial charge on any atom is -0.508 e. The Labute approximate surface area is 283 Å². The lowest BCUT2D eigenvalue weighted by Gasteiger charge is -2.34. The van der Waals surface area contributed by atoms with Gasteiger partial charge in [-0.05, 0) is 116 Å². The van der Waals surface area contributed by atoms with E-state index in [2.05, 4.69) is 43.7 Å². The van der Waals surface area contributed by atoms with Crippen LogP contribution in [0.25, 0.3) is 22.0 Å². The van der Waals surface area contributed by atoms with Crippen molar-refractivity contribution in [2.45, 2.75) is 32.2 Å². The molecule has 2 saturated heterocycles. The van der Waals surface area contributed by atoms with Crippen molar-refractivity contribution < 1.29 is 23.4 Å². The zero-order chi connectivity index (χ0) is 34.1. The second-order valence-electron chi connectivity index (χ2n) is 13.1. The molecule has 11 heteroatoms. The molecule has 0 aliphatic carbocycles. The smallest absolute Gasteiger partial charge is 0.258 e. The summed E-state index contributed by atoms with van der Waals surface area (Å²) in [5, 5.41) is 25.2. The molecule has 1 aromatic heterocycles. The summed E-state index contributed by atoms with van der Waals surface area (Å²) in [4.78, 5) is 18.7. The number of amides is 1. The number of carbonyl (C=O) groups excluding carboxylic acids is 1. The molecule has 49 heavy (non-hydrogen) atoms. The zero-order valence-corrected chi connectivity index (χ0v) is 27.7. The molecule has 2 aliphatic heterocycles. The molecule has 1 amide bonds. The summed E-state index contributed by atoms with van der Waals surface area (Å²) in [6, 6.07) is 18.5. The van der Waals surface area contributed by atoms with E-state index in [0.29, 0.717) is 41.1 Å². The lowest BCUT2D eigenvalue weighted by Crippen LogP contribution is -2.44. The Bertz CT molecular complexity index is 1980. The van der Waals surface area contributed by atoms with E-state index in [1.165, 1.54) is 12.1 Å². The third-order valence-corrected chi connectivity index (χ3v) is 9.54. The molecule has 4 N–H and O–H groups in total. The number of aromatic nitrogens is 2. The fraction of sp³-hybridized carbons (Fsp3) is 0.316. The Morgan fingerprint density at radius 1 is 0.959 bits per heavy atom. The summed E-state index contributed by atoms with van der Waals surface area (Å²) < 4.78 is 34.0. The van der Waals surface area contributed by atoms with Crippen LogP contribution in [0.2, 0.25) is 0 Å². The van der Waals surface area contributed by atoms with Crippen molar-refractivity contribution in [3.05, 3.63) is 101 Å². The number of piperazine rings is 1. The number of ether oxygens (including phenoxy) is 1. The number of phenolic OH excluding ortho intramolecular Hbond substituents is 1. The van der Waals surface area contributed by atoms with Crippen molar-refractivity contribution in [3.63, 3.8) is 0 Å². The molecule has 9 nitrogen and oxygen atoms in total. The van der Waals surface area contributed by atoms with Crippen LogP contribution in [0.5, 0.6) is 5.75 Å². The maximum atomic E-state index is 14.2. The molecular weight excluding hydrogens is 626 g/mol. The van der Waals surface area contributed by atoms with Gasteiger partial charge in [0, 0.05) is 68.3 Å². The Morgan fingerprint density at radius 3 is 2.47 bits per heavy atom. The van der Waals surface area contributed by atoms with Gasteiger partial charge in [-0.25, -0.2) is 8.78 Å². The molecule has 4 aromatic carbocycles. The Hall–Kier alpha value is -5.00. The molecule has 0 atom stereocenters. The fourth-order valence-electron chi connectivity index (χ4n) is 6.78. The maximum absolute atomic E-state index is 14.2. The lowest BCUT2D eigenvalue weighted by molar-refractivity contribution is 0.0904. The number of aromatic hydroxyl groups is 1. The van der Waals surface area contributed by atoms with Crippen molar-refractivity contribution in [2.75, 3.05) is 62.0 Å². The highest BCUT2D eigenvalue weighted by Gasteiger charge is 2.23. The number of phenols is 1. The highest BCUT2D eigenvalue weighted by molar-refractivity contribution is 6.11. The highest BCUT2D eigenvalue weighted by atomic mass is 19.1. The minimum atomic E-state index is -0.661. The standard InChI is InChI=1S/C38H40F2N6O3/c1-23-3-5-30(47)21-32(23)33-22-36-34(18-25(33)15-24-16-26(39)19-27(40)17-24)37(44-43-36)42-38(48)31-6-4-29(46-11-9-45(2)10-12-46)20-35(31)41-28-7-13-49-14-8-28/h3-6,16-22,28,41,47H,7-15H2,1-2H3,(H2,42,43,44,48). The third-order valence-electron chi connectivity index (χ3n) is 9.54. The number of aryl methyl sites for hydroxylation is 1. The first-order valence-electron chi connectivity index (χ1n) is 16.7. The molecule has 2 fully saturated rings. The number of nitrogens with zero attached hydrogens (tertiary/aromatic N) is 3. The normalized spacial score (nSPS) is 15.9. The summed E-state index contributed by atoms with van der Waals surface area (Å²) >= 11 is 0. The molecule has 0 spiro atoms. The number of halogens is 2. The van der Waals surface area contributed by atoms with Gasteiger partial charge in [0.25, 0.3) is 5.91 Å². The number of aromatic amines is 1.